The fraction of sp³-hybridized carbons (Fsp3) is 0.462. The number of fused-ring (bicyclic) bond motifs is 1. The van der Waals surface area contributed by atoms with Crippen molar-refractivity contribution in [3.63, 3.8) is 0 Å². The van der Waals surface area contributed by atoms with Gasteiger partial charge in [-0.1, -0.05) is 0 Å². The summed E-state index contributed by atoms with van der Waals surface area (Å²) >= 11 is 0. The van der Waals surface area contributed by atoms with Crippen molar-refractivity contribution in [2.24, 2.45) is 13.0 Å². The van der Waals surface area contributed by atoms with Crippen LogP contribution in [0.15, 0.2) is 18.3 Å². The minimum absolute atomic E-state index is 0.220. The van der Waals surface area contributed by atoms with Gasteiger partial charge in [0.2, 0.25) is 0 Å². The summed E-state index contributed by atoms with van der Waals surface area (Å²) in [6, 6.07) is 3.81. The summed E-state index contributed by atoms with van der Waals surface area (Å²) in [6.07, 6.45) is 4.08. The quantitative estimate of drug-likeness (QED) is 0.877. The van der Waals surface area contributed by atoms with Crippen LogP contribution < -0.4 is 0 Å². The summed E-state index contributed by atoms with van der Waals surface area (Å²) < 4.78 is 1.99. The minimum atomic E-state index is -0.686. The lowest BCUT2D eigenvalue weighted by molar-refractivity contribution is -0.141. The van der Waals surface area contributed by atoms with Crippen molar-refractivity contribution in [3.8, 4) is 0 Å². The Bertz CT molecular complexity index is 605. The predicted molar refractivity (Wildman–Crippen MR) is 66.2 cm³/mol. The lowest BCUT2D eigenvalue weighted by Crippen LogP contribution is -2.10. The van der Waals surface area contributed by atoms with Gasteiger partial charge in [-0.05, 0) is 31.4 Å². The smallest absolute Gasteiger partial charge is 0.306 e. The fourth-order valence-corrected chi connectivity index (χ4v) is 2.85. The number of imidazole rings is 1. The Balaban J connectivity index is 1.96. The highest BCUT2D eigenvalue weighted by atomic mass is 16.4. The van der Waals surface area contributed by atoms with E-state index in [1.165, 1.54) is 0 Å². The molecular formula is C13H15N3O2. The van der Waals surface area contributed by atoms with Crippen LogP contribution in [0.2, 0.25) is 0 Å². The summed E-state index contributed by atoms with van der Waals surface area (Å²) in [5, 5.41) is 9.05. The van der Waals surface area contributed by atoms with Gasteiger partial charge in [-0.15, -0.1) is 0 Å². The van der Waals surface area contributed by atoms with Crippen LogP contribution in [-0.4, -0.2) is 25.6 Å². The molecule has 0 amide bonds. The van der Waals surface area contributed by atoms with Gasteiger partial charge in [0.15, 0.2) is 5.65 Å². The first-order valence-electron chi connectivity index (χ1n) is 6.17. The molecular weight excluding hydrogens is 230 g/mol. The third-order valence-electron chi connectivity index (χ3n) is 3.81. The molecule has 1 fully saturated rings. The van der Waals surface area contributed by atoms with E-state index < -0.39 is 5.97 Å². The van der Waals surface area contributed by atoms with Crippen molar-refractivity contribution in [2.75, 3.05) is 0 Å². The van der Waals surface area contributed by atoms with Gasteiger partial charge in [0.05, 0.1) is 5.92 Å². The van der Waals surface area contributed by atoms with Crippen molar-refractivity contribution in [3.05, 3.63) is 24.2 Å². The molecule has 0 bridgehead atoms. The molecule has 1 saturated carbocycles. The Morgan fingerprint density at radius 3 is 3.00 bits per heavy atom. The highest BCUT2D eigenvalue weighted by Gasteiger charge is 2.33. The highest BCUT2D eigenvalue weighted by molar-refractivity contribution is 5.72. The third-order valence-corrected chi connectivity index (χ3v) is 3.81. The zero-order chi connectivity index (χ0) is 12.7. The molecule has 0 spiro atoms. The van der Waals surface area contributed by atoms with E-state index in [9.17, 15) is 4.79 Å². The van der Waals surface area contributed by atoms with Crippen LogP contribution in [0.5, 0.6) is 0 Å². The van der Waals surface area contributed by atoms with Gasteiger partial charge in [0.25, 0.3) is 0 Å². The number of aromatic nitrogens is 3. The molecule has 3 rings (SSSR count). The number of hydrogen-bond donors (Lipinski definition) is 1. The van der Waals surface area contributed by atoms with Crippen LogP contribution in [0, 0.1) is 5.92 Å². The maximum atomic E-state index is 11.0. The summed E-state index contributed by atoms with van der Waals surface area (Å²) in [5.74, 6) is 0.301. The number of carboxylic acids is 1. The van der Waals surface area contributed by atoms with E-state index in [4.69, 9.17) is 5.11 Å². The zero-order valence-corrected chi connectivity index (χ0v) is 10.2. The third kappa shape index (κ3) is 1.66. The van der Waals surface area contributed by atoms with Crippen molar-refractivity contribution in [1.29, 1.82) is 0 Å². The Labute approximate surface area is 104 Å². The van der Waals surface area contributed by atoms with E-state index in [1.807, 2.05) is 23.7 Å². The topological polar surface area (TPSA) is 68.0 Å². The molecule has 2 heterocycles. The second kappa shape index (κ2) is 4.08. The molecule has 0 aromatic carbocycles. The molecule has 1 N–H and O–H groups in total. The number of carboxylic acid groups (broad SMARTS) is 1. The monoisotopic (exact) mass is 245 g/mol. The Morgan fingerprint density at radius 2 is 2.33 bits per heavy atom. The van der Waals surface area contributed by atoms with E-state index in [0.717, 1.165) is 29.8 Å². The Hall–Kier alpha value is -1.91. The zero-order valence-electron chi connectivity index (χ0n) is 10.2. The summed E-state index contributed by atoms with van der Waals surface area (Å²) in [6.45, 7) is 0. The lowest BCUT2D eigenvalue weighted by atomic mass is 10.0. The van der Waals surface area contributed by atoms with Gasteiger partial charge in [0.1, 0.15) is 11.3 Å². The fourth-order valence-electron chi connectivity index (χ4n) is 2.85. The lowest BCUT2D eigenvalue weighted by Gasteiger charge is -2.09. The highest BCUT2D eigenvalue weighted by Crippen LogP contribution is 2.38. The van der Waals surface area contributed by atoms with Crippen LogP contribution in [-0.2, 0) is 11.8 Å². The first kappa shape index (κ1) is 11.2. The number of carbonyl (C=O) groups is 1. The van der Waals surface area contributed by atoms with Gasteiger partial charge < -0.3 is 9.67 Å². The molecule has 2 aromatic heterocycles. The van der Waals surface area contributed by atoms with Crippen LogP contribution >= 0.6 is 0 Å². The molecule has 2 aromatic rings. The maximum Gasteiger partial charge on any atom is 0.306 e. The standard InChI is InChI=1S/C13H15N3O2/c1-16-11(8-4-5-9(7-8)13(17)18)15-10-3-2-6-14-12(10)16/h2-3,6,8-9H,4-5,7H2,1H3,(H,17,18). The van der Waals surface area contributed by atoms with E-state index in [2.05, 4.69) is 9.97 Å². The van der Waals surface area contributed by atoms with Crippen molar-refractivity contribution in [1.82, 2.24) is 14.5 Å². The summed E-state index contributed by atoms with van der Waals surface area (Å²) in [5.41, 5.74) is 1.75. The largest absolute Gasteiger partial charge is 0.481 e. The van der Waals surface area contributed by atoms with E-state index in [-0.39, 0.29) is 11.8 Å². The van der Waals surface area contributed by atoms with Gasteiger partial charge in [-0.3, -0.25) is 4.79 Å². The molecule has 18 heavy (non-hydrogen) atoms. The normalized spacial score (nSPS) is 23.6. The van der Waals surface area contributed by atoms with Gasteiger partial charge in [-0.2, -0.15) is 0 Å². The van der Waals surface area contributed by atoms with Gasteiger partial charge in [0, 0.05) is 19.2 Å². The summed E-state index contributed by atoms with van der Waals surface area (Å²) in [7, 11) is 1.95. The average Bonchev–Trinajstić information content (AvgIpc) is 2.95. The first-order valence-corrected chi connectivity index (χ1v) is 6.17. The van der Waals surface area contributed by atoms with E-state index in [1.54, 1.807) is 6.20 Å². The number of hydrogen-bond acceptors (Lipinski definition) is 3. The van der Waals surface area contributed by atoms with Crippen molar-refractivity contribution >= 4 is 17.1 Å². The second-order valence-electron chi connectivity index (χ2n) is 4.92. The van der Waals surface area contributed by atoms with E-state index in [0.29, 0.717) is 6.42 Å². The number of aliphatic carboxylic acids is 1. The maximum absolute atomic E-state index is 11.0. The van der Waals surface area contributed by atoms with E-state index >= 15 is 0 Å². The molecule has 2 atom stereocenters. The SMILES string of the molecule is Cn1c(C2CCC(C(=O)O)C2)nc2cccnc21. The minimum Gasteiger partial charge on any atom is -0.481 e. The van der Waals surface area contributed by atoms with Crippen LogP contribution in [0.1, 0.15) is 31.0 Å². The van der Waals surface area contributed by atoms with Crippen LogP contribution in [0.25, 0.3) is 11.2 Å². The molecule has 2 unspecified atom stereocenters. The molecule has 1 aliphatic rings. The molecule has 0 aliphatic heterocycles. The molecule has 5 nitrogen and oxygen atoms in total. The molecule has 1 aliphatic carbocycles. The van der Waals surface area contributed by atoms with Crippen LogP contribution in [0.3, 0.4) is 0 Å². The number of rotatable bonds is 2. The Morgan fingerprint density at radius 1 is 1.50 bits per heavy atom. The second-order valence-corrected chi connectivity index (χ2v) is 4.92. The molecule has 0 radical (unpaired) electrons. The first-order chi connectivity index (χ1) is 8.66. The van der Waals surface area contributed by atoms with Crippen molar-refractivity contribution < 1.29 is 9.90 Å². The number of nitrogens with zero attached hydrogens (tertiary/aromatic N) is 3. The molecule has 0 saturated heterocycles. The van der Waals surface area contributed by atoms with Crippen LogP contribution in [0.4, 0.5) is 0 Å². The molecule has 5 heteroatoms. The number of aryl methyl sites for hydroxylation is 1. The van der Waals surface area contributed by atoms with Gasteiger partial charge >= 0.3 is 5.97 Å². The van der Waals surface area contributed by atoms with Crippen molar-refractivity contribution in [2.45, 2.75) is 25.2 Å². The number of pyridine rings is 1. The Kier molecular flexibility index (Phi) is 2.54. The molecule has 94 valence electrons. The summed E-state index contributed by atoms with van der Waals surface area (Å²) in [4.78, 5) is 19.9. The van der Waals surface area contributed by atoms with Gasteiger partial charge in [-0.25, -0.2) is 9.97 Å². The predicted octanol–water partition coefficient (Wildman–Crippen LogP) is 1.94. The average molecular weight is 245 g/mol.